The van der Waals surface area contributed by atoms with Crippen LogP contribution in [-0.4, -0.2) is 25.1 Å². The molecule has 0 aliphatic rings. The number of hydrogen-bond donors (Lipinski definition) is 3. The van der Waals surface area contributed by atoms with E-state index >= 15 is 0 Å². The maximum absolute atomic E-state index is 4.69. The minimum absolute atomic E-state index is 0.588. The summed E-state index contributed by atoms with van der Waals surface area (Å²) >= 11 is 1.62. The van der Waals surface area contributed by atoms with Crippen molar-refractivity contribution in [1.29, 1.82) is 0 Å². The van der Waals surface area contributed by atoms with E-state index in [1.165, 1.54) is 0 Å². The van der Waals surface area contributed by atoms with Gasteiger partial charge in [0.1, 0.15) is 0 Å². The predicted molar refractivity (Wildman–Crippen MR) is 108 cm³/mol. The van der Waals surface area contributed by atoms with Crippen molar-refractivity contribution in [3.05, 3.63) is 65.9 Å². The molecule has 0 amide bonds. The molecule has 5 aromatic rings. The third kappa shape index (κ3) is 3.18. The molecule has 0 unspecified atom stereocenters. The summed E-state index contributed by atoms with van der Waals surface area (Å²) in [4.78, 5) is 13.3. The highest BCUT2D eigenvalue weighted by atomic mass is 32.1. The van der Waals surface area contributed by atoms with E-state index in [-0.39, 0.29) is 0 Å². The lowest BCUT2D eigenvalue weighted by Gasteiger charge is -2.10. The highest BCUT2D eigenvalue weighted by Gasteiger charge is 2.10. The Morgan fingerprint density at radius 2 is 1.96 bits per heavy atom. The van der Waals surface area contributed by atoms with Crippen molar-refractivity contribution in [3.8, 4) is 0 Å². The van der Waals surface area contributed by atoms with E-state index in [1.807, 2.05) is 48.0 Å². The Morgan fingerprint density at radius 1 is 1.04 bits per heavy atom. The molecular weight excluding hydrogens is 358 g/mol. The zero-order valence-corrected chi connectivity index (χ0v) is 15.0. The van der Waals surface area contributed by atoms with Gasteiger partial charge in [-0.15, -0.1) is 11.3 Å². The molecule has 4 aromatic heterocycles. The molecule has 4 heterocycles. The molecule has 5 rings (SSSR count). The first-order valence-electron chi connectivity index (χ1n) is 8.43. The van der Waals surface area contributed by atoms with Crippen molar-refractivity contribution in [2.75, 3.05) is 10.6 Å². The van der Waals surface area contributed by atoms with Gasteiger partial charge in [-0.2, -0.15) is 10.1 Å². The third-order valence-corrected chi connectivity index (χ3v) is 5.12. The molecule has 0 aliphatic carbocycles. The Kier molecular flexibility index (Phi) is 3.87. The summed E-state index contributed by atoms with van der Waals surface area (Å²) < 4.78 is 1.02. The van der Waals surface area contributed by atoms with Gasteiger partial charge in [0, 0.05) is 30.0 Å². The highest BCUT2D eigenvalue weighted by molar-refractivity contribution is 7.17. The number of pyridine rings is 1. The van der Waals surface area contributed by atoms with Gasteiger partial charge in [0.2, 0.25) is 5.95 Å². The van der Waals surface area contributed by atoms with Gasteiger partial charge in [0.05, 0.1) is 21.9 Å². The van der Waals surface area contributed by atoms with Crippen LogP contribution in [0.3, 0.4) is 0 Å². The van der Waals surface area contributed by atoms with Crippen LogP contribution in [0.15, 0.2) is 60.4 Å². The molecule has 0 spiro atoms. The molecule has 0 atom stereocenters. The quantitative estimate of drug-likeness (QED) is 0.425. The maximum atomic E-state index is 4.69. The lowest BCUT2D eigenvalue weighted by molar-refractivity contribution is 1.07. The first-order chi connectivity index (χ1) is 13.3. The van der Waals surface area contributed by atoms with Crippen molar-refractivity contribution >= 4 is 49.9 Å². The number of H-pyrrole nitrogens is 1. The molecule has 7 nitrogen and oxygen atoms in total. The Hall–Kier alpha value is -3.52. The summed E-state index contributed by atoms with van der Waals surface area (Å²) in [6.07, 6.45) is 5.36. The second-order valence-electron chi connectivity index (χ2n) is 6.04. The van der Waals surface area contributed by atoms with Crippen molar-refractivity contribution in [3.63, 3.8) is 0 Å². The second kappa shape index (κ2) is 6.65. The topological polar surface area (TPSA) is 91.4 Å². The number of aromatic amines is 1. The van der Waals surface area contributed by atoms with Crippen LogP contribution in [0, 0.1) is 0 Å². The third-order valence-electron chi connectivity index (χ3n) is 4.21. The molecule has 0 saturated carbocycles. The fourth-order valence-electron chi connectivity index (χ4n) is 2.87. The molecule has 0 bridgehead atoms. The molecule has 27 heavy (non-hydrogen) atoms. The number of hydrogen-bond acceptors (Lipinski definition) is 7. The zero-order chi connectivity index (χ0) is 18.1. The maximum Gasteiger partial charge on any atom is 0.225 e. The second-order valence-corrected chi connectivity index (χ2v) is 6.95. The van der Waals surface area contributed by atoms with Crippen LogP contribution in [0.4, 0.5) is 17.5 Å². The molecule has 0 aliphatic heterocycles. The van der Waals surface area contributed by atoms with E-state index in [9.17, 15) is 0 Å². The average molecular weight is 373 g/mol. The highest BCUT2D eigenvalue weighted by Crippen LogP contribution is 2.30. The molecule has 3 N–H and O–H groups in total. The predicted octanol–water partition coefficient (Wildman–Crippen LogP) is 4.32. The van der Waals surface area contributed by atoms with Crippen LogP contribution in [0.1, 0.15) is 5.56 Å². The number of nitrogens with zero attached hydrogens (tertiary/aromatic N) is 4. The largest absolute Gasteiger partial charge is 0.350 e. The summed E-state index contributed by atoms with van der Waals surface area (Å²) in [6.45, 7) is 0.637. The molecule has 8 heteroatoms. The van der Waals surface area contributed by atoms with Gasteiger partial charge in [-0.25, -0.2) is 4.98 Å². The minimum Gasteiger partial charge on any atom is -0.350 e. The van der Waals surface area contributed by atoms with E-state index in [0.717, 1.165) is 38.2 Å². The Balaban J connectivity index is 1.46. The van der Waals surface area contributed by atoms with Gasteiger partial charge >= 0.3 is 0 Å². The Morgan fingerprint density at radius 3 is 2.89 bits per heavy atom. The molecule has 0 fully saturated rings. The lowest BCUT2D eigenvalue weighted by Crippen LogP contribution is -2.05. The average Bonchev–Trinajstić information content (AvgIpc) is 3.36. The summed E-state index contributed by atoms with van der Waals surface area (Å²) in [5.74, 6) is 1.37. The van der Waals surface area contributed by atoms with E-state index < -0.39 is 0 Å². The fourth-order valence-corrected chi connectivity index (χ4v) is 3.64. The first kappa shape index (κ1) is 15.7. The number of rotatable bonds is 5. The fraction of sp³-hybridized carbons (Fsp3) is 0.0526. The summed E-state index contributed by atoms with van der Waals surface area (Å²) in [6, 6.07) is 12.0. The molecule has 0 saturated heterocycles. The molecule has 1 aromatic carbocycles. The van der Waals surface area contributed by atoms with Gasteiger partial charge in [-0.05, 0) is 47.3 Å². The number of nitrogens with one attached hydrogen (secondary N) is 3. The van der Waals surface area contributed by atoms with Crippen LogP contribution < -0.4 is 10.6 Å². The Labute approximate surface area is 158 Å². The van der Waals surface area contributed by atoms with Crippen LogP contribution in [0.5, 0.6) is 0 Å². The van der Waals surface area contributed by atoms with Gasteiger partial charge in [0.15, 0.2) is 5.82 Å². The van der Waals surface area contributed by atoms with Gasteiger partial charge in [-0.3, -0.25) is 10.1 Å². The zero-order valence-electron chi connectivity index (χ0n) is 14.2. The van der Waals surface area contributed by atoms with E-state index in [2.05, 4.69) is 35.8 Å². The monoisotopic (exact) mass is 373 g/mol. The smallest absolute Gasteiger partial charge is 0.225 e. The number of fused-ring (bicyclic) bond motifs is 2. The van der Waals surface area contributed by atoms with Gasteiger partial charge in [0.25, 0.3) is 0 Å². The summed E-state index contributed by atoms with van der Waals surface area (Å²) in [7, 11) is 0. The number of thiophene rings is 1. The first-order valence-corrected chi connectivity index (χ1v) is 9.31. The number of benzene rings is 1. The Bertz CT molecular complexity index is 1210. The minimum atomic E-state index is 0.588. The van der Waals surface area contributed by atoms with Crippen molar-refractivity contribution in [1.82, 2.24) is 25.1 Å². The molecule has 132 valence electrons. The van der Waals surface area contributed by atoms with Gasteiger partial charge < -0.3 is 10.6 Å². The van der Waals surface area contributed by atoms with Crippen molar-refractivity contribution in [2.24, 2.45) is 0 Å². The van der Waals surface area contributed by atoms with E-state index in [0.29, 0.717) is 12.5 Å². The van der Waals surface area contributed by atoms with E-state index in [1.54, 1.807) is 23.7 Å². The van der Waals surface area contributed by atoms with Crippen molar-refractivity contribution < 1.29 is 0 Å². The number of anilines is 3. The van der Waals surface area contributed by atoms with Crippen LogP contribution >= 0.6 is 11.3 Å². The summed E-state index contributed by atoms with van der Waals surface area (Å²) in [5.41, 5.74) is 4.00. The van der Waals surface area contributed by atoms with E-state index in [4.69, 9.17) is 0 Å². The van der Waals surface area contributed by atoms with Crippen LogP contribution in [-0.2, 0) is 6.54 Å². The van der Waals surface area contributed by atoms with Gasteiger partial charge in [-0.1, -0.05) is 0 Å². The molecular formula is C19H15N7S. The standard InChI is InChI=1S/C19H15N7S/c1-2-15-13(11-22-26-15)9-14(1)23-18-17-16(5-8-27-17)24-19(25-18)21-10-12-3-6-20-7-4-12/h1-9,11H,10H2,(H,22,26)(H2,21,23,24,25). The number of aromatic nitrogens is 5. The van der Waals surface area contributed by atoms with Crippen LogP contribution in [0.25, 0.3) is 21.1 Å². The lowest BCUT2D eigenvalue weighted by atomic mass is 10.2. The SMILES string of the molecule is c1cc(CNc2nc(Nc3ccc4[nH]ncc4c3)c3sccc3n2)ccn1. The van der Waals surface area contributed by atoms with Crippen LogP contribution in [0.2, 0.25) is 0 Å². The molecule has 0 radical (unpaired) electrons. The summed E-state index contributed by atoms with van der Waals surface area (Å²) in [5, 5.41) is 16.8. The van der Waals surface area contributed by atoms with Crippen molar-refractivity contribution in [2.45, 2.75) is 6.54 Å². The normalized spacial score (nSPS) is 11.1.